The van der Waals surface area contributed by atoms with E-state index < -0.39 is 42.0 Å². The molecule has 0 saturated carbocycles. The van der Waals surface area contributed by atoms with Crippen LogP contribution in [-0.4, -0.2) is 59.8 Å². The van der Waals surface area contributed by atoms with Crippen LogP contribution in [0.4, 0.5) is 4.39 Å². The average molecular weight is 458 g/mol. The molecule has 2 amide bonds. The number of carbonyl (C=O) groups excluding carboxylic acids is 2. The van der Waals surface area contributed by atoms with Gasteiger partial charge in [-0.1, -0.05) is 30.3 Å². The zero-order valence-electron chi connectivity index (χ0n) is 17.8. The molecule has 0 saturated heterocycles. The third-order valence-electron chi connectivity index (χ3n) is 5.02. The average Bonchev–Trinajstić information content (AvgIpc) is 3.05. The van der Waals surface area contributed by atoms with E-state index in [4.69, 9.17) is 14.6 Å². The van der Waals surface area contributed by atoms with Crippen molar-refractivity contribution in [3.8, 4) is 5.75 Å². The molecule has 2 aromatic rings. The van der Waals surface area contributed by atoms with Crippen molar-refractivity contribution in [1.29, 1.82) is 0 Å². The van der Waals surface area contributed by atoms with Gasteiger partial charge in [-0.3, -0.25) is 9.59 Å². The maximum absolute atomic E-state index is 13.1. The summed E-state index contributed by atoms with van der Waals surface area (Å²) in [4.78, 5) is 38.1. The normalized spacial score (nSPS) is 15.6. The van der Waals surface area contributed by atoms with Crippen LogP contribution >= 0.6 is 0 Å². The van der Waals surface area contributed by atoms with E-state index in [-0.39, 0.29) is 31.0 Å². The number of amides is 2. The third kappa shape index (κ3) is 5.47. The molecular formula is C23H23FN2O7. The van der Waals surface area contributed by atoms with Gasteiger partial charge < -0.3 is 29.9 Å². The summed E-state index contributed by atoms with van der Waals surface area (Å²) in [5.74, 6) is -3.66. The quantitative estimate of drug-likeness (QED) is 0.497. The monoisotopic (exact) mass is 458 g/mol. The number of rotatable bonds is 10. The first kappa shape index (κ1) is 23.7. The molecule has 0 aromatic heterocycles. The second-order valence-corrected chi connectivity index (χ2v) is 7.19. The lowest BCUT2D eigenvalue weighted by molar-refractivity contribution is -0.139. The van der Waals surface area contributed by atoms with Crippen LogP contribution in [0.2, 0.25) is 0 Å². The van der Waals surface area contributed by atoms with E-state index in [1.165, 1.54) is 42.3 Å². The number of aliphatic hydroxyl groups excluding tert-OH is 1. The van der Waals surface area contributed by atoms with Crippen molar-refractivity contribution in [2.45, 2.75) is 12.6 Å². The van der Waals surface area contributed by atoms with Gasteiger partial charge in [0.15, 0.2) is 12.4 Å². The van der Waals surface area contributed by atoms with E-state index in [1.54, 1.807) is 18.2 Å². The number of para-hydroxylation sites is 1. The molecule has 1 aliphatic rings. The van der Waals surface area contributed by atoms with Gasteiger partial charge in [-0.25, -0.2) is 9.18 Å². The molecule has 1 unspecified atom stereocenters. The Labute approximate surface area is 189 Å². The Bertz CT molecular complexity index is 1070. The third-order valence-corrected chi connectivity index (χ3v) is 5.02. The smallest absolute Gasteiger partial charge is 0.341 e. The van der Waals surface area contributed by atoms with Crippen LogP contribution in [0.3, 0.4) is 0 Å². The number of hydrogen-bond acceptors (Lipinski definition) is 6. The molecule has 1 heterocycles. The molecule has 0 aliphatic carbocycles. The highest BCUT2D eigenvalue weighted by molar-refractivity contribution is 6.08. The van der Waals surface area contributed by atoms with Crippen molar-refractivity contribution < 1.29 is 38.5 Å². The van der Waals surface area contributed by atoms with Gasteiger partial charge in [0, 0.05) is 25.8 Å². The summed E-state index contributed by atoms with van der Waals surface area (Å²) in [6.45, 7) is -0.395. The van der Waals surface area contributed by atoms with Crippen LogP contribution < -0.4 is 10.1 Å². The Morgan fingerprint density at radius 1 is 1.15 bits per heavy atom. The summed E-state index contributed by atoms with van der Waals surface area (Å²) in [5.41, 5.74) is 0.746. The summed E-state index contributed by atoms with van der Waals surface area (Å²) >= 11 is 0. The van der Waals surface area contributed by atoms with Gasteiger partial charge in [0.2, 0.25) is 0 Å². The lowest BCUT2D eigenvalue weighted by Gasteiger charge is -2.28. The number of carboxylic acid groups (broad SMARTS) is 1. The highest BCUT2D eigenvalue weighted by atomic mass is 19.1. The van der Waals surface area contributed by atoms with Crippen LogP contribution in [0, 0.1) is 5.82 Å². The Balaban J connectivity index is 1.94. The second kappa shape index (κ2) is 10.6. The minimum Gasteiger partial charge on any atom is -0.503 e. The molecule has 9 nitrogen and oxygen atoms in total. The Morgan fingerprint density at radius 3 is 2.52 bits per heavy atom. The fourth-order valence-electron chi connectivity index (χ4n) is 3.49. The van der Waals surface area contributed by atoms with Crippen LogP contribution in [0.15, 0.2) is 59.9 Å². The van der Waals surface area contributed by atoms with Crippen molar-refractivity contribution in [1.82, 2.24) is 10.2 Å². The number of ether oxygens (including phenoxy) is 2. The number of nitrogens with one attached hydrogen (secondary N) is 1. The number of hydrogen-bond donors (Lipinski definition) is 3. The summed E-state index contributed by atoms with van der Waals surface area (Å²) in [6, 6.07) is 10.8. The summed E-state index contributed by atoms with van der Waals surface area (Å²) in [6.07, 6.45) is 0. The van der Waals surface area contributed by atoms with Gasteiger partial charge in [-0.2, -0.15) is 0 Å². The lowest BCUT2D eigenvalue weighted by Crippen LogP contribution is -2.35. The number of nitrogens with zero attached hydrogens (tertiary/aromatic N) is 1. The minimum absolute atomic E-state index is 0.0338. The van der Waals surface area contributed by atoms with E-state index in [0.29, 0.717) is 11.1 Å². The molecule has 1 aliphatic heterocycles. The van der Waals surface area contributed by atoms with Crippen molar-refractivity contribution >= 4 is 17.8 Å². The second-order valence-electron chi connectivity index (χ2n) is 7.19. The Morgan fingerprint density at radius 2 is 1.85 bits per heavy atom. The minimum atomic E-state index is -1.20. The van der Waals surface area contributed by atoms with Gasteiger partial charge in [0.05, 0.1) is 18.2 Å². The summed E-state index contributed by atoms with van der Waals surface area (Å²) < 4.78 is 23.6. The zero-order valence-corrected chi connectivity index (χ0v) is 17.8. The fourth-order valence-corrected chi connectivity index (χ4v) is 3.49. The molecule has 33 heavy (non-hydrogen) atoms. The van der Waals surface area contributed by atoms with E-state index in [1.807, 2.05) is 0 Å². The van der Waals surface area contributed by atoms with E-state index in [2.05, 4.69) is 5.32 Å². The van der Waals surface area contributed by atoms with E-state index in [9.17, 15) is 23.9 Å². The molecule has 0 bridgehead atoms. The summed E-state index contributed by atoms with van der Waals surface area (Å²) in [5, 5.41) is 22.2. The van der Waals surface area contributed by atoms with E-state index >= 15 is 0 Å². The van der Waals surface area contributed by atoms with Crippen LogP contribution in [-0.2, 0) is 25.7 Å². The number of benzene rings is 2. The number of halogens is 1. The highest BCUT2D eigenvalue weighted by Gasteiger charge is 2.44. The Kier molecular flexibility index (Phi) is 7.62. The first-order valence-electron chi connectivity index (χ1n) is 10.0. The summed E-state index contributed by atoms with van der Waals surface area (Å²) in [7, 11) is 1.45. The molecule has 1 atom stereocenters. The van der Waals surface area contributed by atoms with E-state index in [0.717, 1.165) is 0 Å². The number of aliphatic carboxylic acids is 1. The molecule has 174 valence electrons. The van der Waals surface area contributed by atoms with Crippen LogP contribution in [0.25, 0.3) is 0 Å². The largest absolute Gasteiger partial charge is 0.503 e. The van der Waals surface area contributed by atoms with Crippen molar-refractivity contribution in [2.75, 3.05) is 26.9 Å². The highest BCUT2D eigenvalue weighted by Crippen LogP contribution is 2.41. The predicted octanol–water partition coefficient (Wildman–Crippen LogP) is 1.95. The number of aliphatic hydroxyl groups is 1. The molecule has 3 rings (SSSR count). The molecule has 10 heteroatoms. The molecule has 0 radical (unpaired) electrons. The van der Waals surface area contributed by atoms with Crippen molar-refractivity contribution in [3.05, 3.63) is 76.8 Å². The molecule has 3 N–H and O–H groups in total. The number of methoxy groups -OCH3 is 1. The van der Waals surface area contributed by atoms with Gasteiger partial charge in [0.25, 0.3) is 11.8 Å². The van der Waals surface area contributed by atoms with Crippen molar-refractivity contribution in [2.24, 2.45) is 0 Å². The molecule has 2 aromatic carbocycles. The first-order chi connectivity index (χ1) is 15.8. The predicted molar refractivity (Wildman–Crippen MR) is 114 cm³/mol. The number of carbonyl (C=O) groups is 3. The van der Waals surface area contributed by atoms with Gasteiger partial charge in [-0.15, -0.1) is 0 Å². The number of carboxylic acids is 1. The lowest BCUT2D eigenvalue weighted by atomic mass is 9.97. The first-order valence-corrected chi connectivity index (χ1v) is 10.0. The van der Waals surface area contributed by atoms with Gasteiger partial charge >= 0.3 is 5.97 Å². The maximum atomic E-state index is 13.1. The molecule has 0 spiro atoms. The molecular weight excluding hydrogens is 435 g/mol. The van der Waals surface area contributed by atoms with Crippen LogP contribution in [0.5, 0.6) is 5.75 Å². The zero-order chi connectivity index (χ0) is 24.0. The fraction of sp³-hybridized carbons (Fsp3) is 0.261. The SMILES string of the molecule is COCCN1C(=O)C(O)=C(C(=O)NCc2ccc(F)cc2)C1c1ccccc1OCC(=O)O. The van der Waals surface area contributed by atoms with Gasteiger partial charge in [-0.05, 0) is 23.8 Å². The van der Waals surface area contributed by atoms with Crippen molar-refractivity contribution in [3.63, 3.8) is 0 Å². The molecule has 0 fully saturated rings. The van der Waals surface area contributed by atoms with Gasteiger partial charge in [0.1, 0.15) is 11.6 Å². The topological polar surface area (TPSA) is 125 Å². The standard InChI is InChI=1S/C23H23FN2O7/c1-32-11-10-26-20(16-4-2-3-5-17(16)33-13-18(27)28)19(21(29)23(26)31)22(30)25-12-14-6-8-15(24)9-7-14/h2-9,20,29H,10-13H2,1H3,(H,25,30)(H,27,28). The van der Waals surface area contributed by atoms with Crippen LogP contribution in [0.1, 0.15) is 17.2 Å². The Hall–Kier alpha value is -3.92. The maximum Gasteiger partial charge on any atom is 0.341 e.